The Bertz CT molecular complexity index is 386. The van der Waals surface area contributed by atoms with Crippen LogP contribution in [0.5, 0.6) is 0 Å². The molecule has 15 heavy (non-hydrogen) atoms. The summed E-state index contributed by atoms with van der Waals surface area (Å²) in [6.07, 6.45) is 3.48. The Labute approximate surface area is 99.3 Å². The molecule has 0 aliphatic rings. The molecule has 0 bridgehead atoms. The largest absolute Gasteiger partial charge is 0.294 e. The molecule has 0 saturated carbocycles. The van der Waals surface area contributed by atoms with Crippen LogP contribution in [0.4, 0.5) is 0 Å². The van der Waals surface area contributed by atoms with Gasteiger partial charge in [-0.05, 0) is 17.7 Å². The summed E-state index contributed by atoms with van der Waals surface area (Å²) >= 11 is 3.43. The van der Waals surface area contributed by atoms with Crippen LogP contribution in [0.15, 0.2) is 34.8 Å². The fourth-order valence-corrected chi connectivity index (χ4v) is 1.44. The Balaban J connectivity index is 2.84. The molecule has 0 N–H and O–H groups in total. The Morgan fingerprint density at radius 3 is 2.40 bits per heavy atom. The standard InChI is InChI=1S/C13H15BrO/c1-13(2,3)12(15)9-8-10-6-4-5-7-11(10)14/h4-9H,1-3H3/b9-8+. The molecule has 0 atom stereocenters. The molecule has 0 aromatic heterocycles. The van der Waals surface area contributed by atoms with Gasteiger partial charge in [0.05, 0.1) is 0 Å². The molecule has 0 fully saturated rings. The summed E-state index contributed by atoms with van der Waals surface area (Å²) in [7, 11) is 0. The summed E-state index contributed by atoms with van der Waals surface area (Å²) in [5.41, 5.74) is 0.715. The van der Waals surface area contributed by atoms with Crippen LogP contribution >= 0.6 is 15.9 Å². The average molecular weight is 267 g/mol. The molecule has 0 unspecified atom stereocenters. The number of allylic oxidation sites excluding steroid dienone is 1. The normalized spacial score (nSPS) is 12.0. The predicted molar refractivity (Wildman–Crippen MR) is 67.6 cm³/mol. The molecule has 0 heterocycles. The van der Waals surface area contributed by atoms with Crippen molar-refractivity contribution in [2.24, 2.45) is 5.41 Å². The van der Waals surface area contributed by atoms with Crippen LogP contribution in [-0.4, -0.2) is 5.78 Å². The van der Waals surface area contributed by atoms with Gasteiger partial charge in [0.25, 0.3) is 0 Å². The van der Waals surface area contributed by atoms with Crippen molar-refractivity contribution in [2.45, 2.75) is 20.8 Å². The lowest BCUT2D eigenvalue weighted by molar-refractivity contribution is -0.121. The van der Waals surface area contributed by atoms with Crippen LogP contribution in [0.3, 0.4) is 0 Å². The summed E-state index contributed by atoms with van der Waals surface area (Å²) in [5, 5.41) is 0. The fourth-order valence-electron chi connectivity index (χ4n) is 1.03. The minimum absolute atomic E-state index is 0.137. The lowest BCUT2D eigenvalue weighted by Crippen LogP contribution is -2.17. The molecule has 80 valence electrons. The van der Waals surface area contributed by atoms with E-state index in [0.717, 1.165) is 10.0 Å². The van der Waals surface area contributed by atoms with Gasteiger partial charge in [0.1, 0.15) is 0 Å². The summed E-state index contributed by atoms with van der Waals surface area (Å²) in [6.45, 7) is 5.75. The zero-order chi connectivity index (χ0) is 11.5. The van der Waals surface area contributed by atoms with Crippen molar-refractivity contribution < 1.29 is 4.79 Å². The van der Waals surface area contributed by atoms with Crippen LogP contribution < -0.4 is 0 Å². The van der Waals surface area contributed by atoms with Gasteiger partial charge in [0.2, 0.25) is 0 Å². The first-order valence-electron chi connectivity index (χ1n) is 4.88. The van der Waals surface area contributed by atoms with Gasteiger partial charge < -0.3 is 0 Å². The van der Waals surface area contributed by atoms with Crippen molar-refractivity contribution in [3.63, 3.8) is 0 Å². The Kier molecular flexibility index (Phi) is 3.86. The highest BCUT2D eigenvalue weighted by atomic mass is 79.9. The number of rotatable bonds is 2. The van der Waals surface area contributed by atoms with E-state index in [2.05, 4.69) is 15.9 Å². The highest BCUT2D eigenvalue weighted by Crippen LogP contribution is 2.19. The highest BCUT2D eigenvalue weighted by molar-refractivity contribution is 9.10. The van der Waals surface area contributed by atoms with E-state index >= 15 is 0 Å². The summed E-state index contributed by atoms with van der Waals surface area (Å²) in [4.78, 5) is 11.6. The monoisotopic (exact) mass is 266 g/mol. The second-order valence-electron chi connectivity index (χ2n) is 4.47. The van der Waals surface area contributed by atoms with Gasteiger partial charge in [-0.25, -0.2) is 0 Å². The Morgan fingerprint density at radius 2 is 1.87 bits per heavy atom. The van der Waals surface area contributed by atoms with Crippen LogP contribution in [0, 0.1) is 5.41 Å². The lowest BCUT2D eigenvalue weighted by Gasteiger charge is -2.12. The van der Waals surface area contributed by atoms with Gasteiger partial charge in [-0.1, -0.05) is 61.0 Å². The molecular formula is C13H15BrO. The number of hydrogen-bond donors (Lipinski definition) is 0. The van der Waals surface area contributed by atoms with Crippen LogP contribution in [0.1, 0.15) is 26.3 Å². The van der Waals surface area contributed by atoms with Gasteiger partial charge in [-0.15, -0.1) is 0 Å². The highest BCUT2D eigenvalue weighted by Gasteiger charge is 2.17. The smallest absolute Gasteiger partial charge is 0.161 e. The number of hydrogen-bond acceptors (Lipinski definition) is 1. The minimum atomic E-state index is -0.308. The zero-order valence-electron chi connectivity index (χ0n) is 9.25. The maximum atomic E-state index is 11.6. The first kappa shape index (κ1) is 12.2. The summed E-state index contributed by atoms with van der Waals surface area (Å²) in [6, 6.07) is 7.83. The van der Waals surface area contributed by atoms with Crippen LogP contribution in [-0.2, 0) is 4.79 Å². The quantitative estimate of drug-likeness (QED) is 0.738. The fraction of sp³-hybridized carbons (Fsp3) is 0.308. The Hall–Kier alpha value is -0.890. The molecule has 0 aliphatic carbocycles. The molecule has 1 aromatic carbocycles. The minimum Gasteiger partial charge on any atom is -0.294 e. The number of ketones is 1. The molecule has 0 amide bonds. The van der Waals surface area contributed by atoms with E-state index in [0.29, 0.717) is 0 Å². The van der Waals surface area contributed by atoms with Crippen molar-refractivity contribution in [3.8, 4) is 0 Å². The van der Waals surface area contributed by atoms with E-state index in [1.165, 1.54) is 0 Å². The zero-order valence-corrected chi connectivity index (χ0v) is 10.8. The van der Waals surface area contributed by atoms with E-state index in [1.807, 2.05) is 51.1 Å². The number of benzene rings is 1. The maximum absolute atomic E-state index is 11.6. The maximum Gasteiger partial charge on any atom is 0.161 e. The van der Waals surface area contributed by atoms with Crippen LogP contribution in [0.2, 0.25) is 0 Å². The summed E-state index contributed by atoms with van der Waals surface area (Å²) < 4.78 is 1.00. The van der Waals surface area contributed by atoms with E-state index in [1.54, 1.807) is 6.08 Å². The van der Waals surface area contributed by atoms with Crippen molar-refractivity contribution in [1.29, 1.82) is 0 Å². The van der Waals surface area contributed by atoms with Crippen molar-refractivity contribution in [2.75, 3.05) is 0 Å². The van der Waals surface area contributed by atoms with Crippen LogP contribution in [0.25, 0.3) is 6.08 Å². The first-order valence-corrected chi connectivity index (χ1v) is 5.67. The molecule has 1 rings (SSSR count). The third-order valence-electron chi connectivity index (χ3n) is 2.06. The van der Waals surface area contributed by atoms with Crippen molar-refractivity contribution in [1.82, 2.24) is 0 Å². The van der Waals surface area contributed by atoms with Gasteiger partial charge in [-0.2, -0.15) is 0 Å². The van der Waals surface area contributed by atoms with Crippen molar-refractivity contribution >= 4 is 27.8 Å². The Morgan fingerprint density at radius 1 is 1.27 bits per heavy atom. The third kappa shape index (κ3) is 3.63. The van der Waals surface area contributed by atoms with E-state index < -0.39 is 0 Å². The molecule has 0 aliphatic heterocycles. The summed E-state index contributed by atoms with van der Waals surface area (Å²) in [5.74, 6) is 0.137. The number of carbonyl (C=O) groups excluding carboxylic acids is 1. The van der Waals surface area contributed by atoms with E-state index in [-0.39, 0.29) is 11.2 Å². The van der Waals surface area contributed by atoms with Crippen molar-refractivity contribution in [3.05, 3.63) is 40.4 Å². The first-order chi connectivity index (χ1) is 6.91. The lowest BCUT2D eigenvalue weighted by atomic mass is 9.90. The van der Waals surface area contributed by atoms with Gasteiger partial charge in [0.15, 0.2) is 5.78 Å². The molecule has 0 spiro atoms. The van der Waals surface area contributed by atoms with Gasteiger partial charge in [-0.3, -0.25) is 4.79 Å². The molecule has 2 heteroatoms. The van der Waals surface area contributed by atoms with Gasteiger partial charge in [0, 0.05) is 9.89 Å². The second kappa shape index (κ2) is 4.75. The average Bonchev–Trinajstić information content (AvgIpc) is 2.14. The molecular weight excluding hydrogens is 252 g/mol. The van der Waals surface area contributed by atoms with E-state index in [9.17, 15) is 4.79 Å². The second-order valence-corrected chi connectivity index (χ2v) is 5.32. The third-order valence-corrected chi connectivity index (χ3v) is 2.78. The van der Waals surface area contributed by atoms with Gasteiger partial charge >= 0.3 is 0 Å². The predicted octanol–water partition coefficient (Wildman–Crippen LogP) is 4.08. The number of halogens is 1. The number of carbonyl (C=O) groups is 1. The van der Waals surface area contributed by atoms with E-state index in [4.69, 9.17) is 0 Å². The SMILES string of the molecule is CC(C)(C)C(=O)/C=C/c1ccccc1Br. The molecule has 1 nitrogen and oxygen atoms in total. The molecule has 1 aromatic rings. The molecule has 0 saturated heterocycles. The topological polar surface area (TPSA) is 17.1 Å². The molecule has 0 radical (unpaired) electrons.